The van der Waals surface area contributed by atoms with Crippen LogP contribution in [-0.2, 0) is 18.0 Å². The monoisotopic (exact) mass is 180 g/mol. The summed E-state index contributed by atoms with van der Waals surface area (Å²) in [5.74, 6) is -2.69. The van der Waals surface area contributed by atoms with Crippen LogP contribution in [0.5, 0.6) is 0 Å². The van der Waals surface area contributed by atoms with Crippen molar-refractivity contribution in [1.82, 2.24) is 0 Å². The summed E-state index contributed by atoms with van der Waals surface area (Å²) in [6.07, 6.45) is -2.84. The summed E-state index contributed by atoms with van der Waals surface area (Å²) in [4.78, 5) is 20.5. The number of hydrogen-bond acceptors (Lipinski definition) is 5. The first-order valence-corrected chi connectivity index (χ1v) is 3.24. The maximum atomic E-state index is 10.2. The van der Waals surface area contributed by atoms with Crippen LogP contribution in [0.1, 0.15) is 0 Å². The van der Waals surface area contributed by atoms with Gasteiger partial charge in [-0.3, -0.25) is 8.37 Å². The van der Waals surface area contributed by atoms with E-state index in [-0.39, 0.29) is 0 Å². The molecule has 1 heterocycles. The molecule has 62 valence electrons. The molecule has 0 spiro atoms. The van der Waals surface area contributed by atoms with Gasteiger partial charge in [-0.2, -0.15) is 0 Å². The van der Waals surface area contributed by atoms with Crippen molar-refractivity contribution >= 4 is 24.3 Å². The van der Waals surface area contributed by atoms with Crippen molar-refractivity contribution in [3.05, 3.63) is 0 Å². The van der Waals surface area contributed by atoms with Crippen molar-refractivity contribution in [1.29, 1.82) is 0 Å². The van der Waals surface area contributed by atoms with Gasteiger partial charge >= 0.3 is 11.9 Å². The van der Waals surface area contributed by atoms with Crippen LogP contribution >= 0.6 is 12.3 Å². The predicted octanol–water partition coefficient (Wildman–Crippen LogP) is -0.497. The molecule has 0 bridgehead atoms. The highest BCUT2D eigenvalue weighted by molar-refractivity contribution is 7.90. The van der Waals surface area contributed by atoms with Crippen molar-refractivity contribution < 1.29 is 28.2 Å². The Labute approximate surface area is 65.5 Å². The maximum Gasteiger partial charge on any atom is 0.337 e. The summed E-state index contributed by atoms with van der Waals surface area (Å²) in [6, 6.07) is 0. The highest BCUT2D eigenvalue weighted by Crippen LogP contribution is 2.25. The van der Waals surface area contributed by atoms with E-state index in [2.05, 4.69) is 8.37 Å². The molecule has 0 aromatic heterocycles. The number of rotatable bonds is 2. The Balaban J connectivity index is 2.65. The van der Waals surface area contributed by atoms with Crippen LogP contribution in [0.2, 0.25) is 0 Å². The molecule has 0 saturated carbocycles. The Morgan fingerprint density at radius 1 is 1.09 bits per heavy atom. The van der Waals surface area contributed by atoms with Crippen LogP contribution in [0.4, 0.5) is 0 Å². The van der Waals surface area contributed by atoms with E-state index in [1.165, 1.54) is 0 Å². The SMILES string of the molecule is O=C(O)C1OSOC1C(=O)O. The zero-order valence-electron chi connectivity index (χ0n) is 5.09. The molecule has 1 aliphatic rings. The van der Waals surface area contributed by atoms with E-state index in [1.807, 2.05) is 0 Å². The summed E-state index contributed by atoms with van der Waals surface area (Å²) >= 11 is 0.385. The molecule has 11 heavy (non-hydrogen) atoms. The Morgan fingerprint density at radius 2 is 1.45 bits per heavy atom. The molecule has 1 rings (SSSR count). The van der Waals surface area contributed by atoms with E-state index >= 15 is 0 Å². The standard InChI is InChI=1S/C4H4O6S/c5-3(6)1-2(4(7)8)10-11-9-1/h1-2H,(H,5,6)(H,7,8). The first-order chi connectivity index (χ1) is 5.13. The Morgan fingerprint density at radius 3 is 1.73 bits per heavy atom. The summed E-state index contributed by atoms with van der Waals surface area (Å²) in [5.41, 5.74) is 0. The van der Waals surface area contributed by atoms with Crippen LogP contribution in [0.25, 0.3) is 0 Å². The second kappa shape index (κ2) is 3.07. The van der Waals surface area contributed by atoms with Gasteiger partial charge in [-0.05, 0) is 0 Å². The molecule has 7 heteroatoms. The smallest absolute Gasteiger partial charge is 0.337 e. The second-order valence-electron chi connectivity index (χ2n) is 1.78. The van der Waals surface area contributed by atoms with Crippen LogP contribution in [0.3, 0.4) is 0 Å². The minimum atomic E-state index is -1.42. The van der Waals surface area contributed by atoms with Gasteiger partial charge in [0.25, 0.3) is 0 Å². The Bertz CT molecular complexity index is 171. The molecule has 1 aliphatic heterocycles. The van der Waals surface area contributed by atoms with Crippen molar-refractivity contribution in [2.45, 2.75) is 12.2 Å². The van der Waals surface area contributed by atoms with Crippen LogP contribution in [0, 0.1) is 0 Å². The number of aliphatic carboxylic acids is 2. The van der Waals surface area contributed by atoms with E-state index in [0.717, 1.165) is 0 Å². The average molecular weight is 180 g/mol. The fourth-order valence-electron chi connectivity index (χ4n) is 0.550. The number of hydrogen-bond donors (Lipinski definition) is 2. The first kappa shape index (κ1) is 8.31. The number of carboxylic acid groups (broad SMARTS) is 2. The van der Waals surface area contributed by atoms with Crippen LogP contribution in [0.15, 0.2) is 0 Å². The van der Waals surface area contributed by atoms with Gasteiger partial charge in [-0.1, -0.05) is 0 Å². The van der Waals surface area contributed by atoms with E-state index in [4.69, 9.17) is 10.2 Å². The van der Waals surface area contributed by atoms with Crippen molar-refractivity contribution in [3.8, 4) is 0 Å². The fraction of sp³-hybridized carbons (Fsp3) is 0.500. The minimum absolute atomic E-state index is 0.385. The molecule has 2 atom stereocenters. The molecule has 0 radical (unpaired) electrons. The molecule has 6 nitrogen and oxygen atoms in total. The lowest BCUT2D eigenvalue weighted by Crippen LogP contribution is -2.36. The molecule has 2 N–H and O–H groups in total. The van der Waals surface area contributed by atoms with E-state index in [0.29, 0.717) is 12.3 Å². The quantitative estimate of drug-likeness (QED) is 0.553. The van der Waals surface area contributed by atoms with Crippen LogP contribution < -0.4 is 0 Å². The van der Waals surface area contributed by atoms with Crippen LogP contribution in [-0.4, -0.2) is 34.4 Å². The molecule has 1 saturated heterocycles. The number of carboxylic acids is 2. The topological polar surface area (TPSA) is 93.1 Å². The van der Waals surface area contributed by atoms with Crippen molar-refractivity contribution in [3.63, 3.8) is 0 Å². The summed E-state index contributed by atoms with van der Waals surface area (Å²) in [7, 11) is 0. The van der Waals surface area contributed by atoms with Gasteiger partial charge in [0.2, 0.25) is 12.2 Å². The lowest BCUT2D eigenvalue weighted by molar-refractivity contribution is -0.156. The fourth-order valence-corrected chi connectivity index (χ4v) is 1.13. The Kier molecular flexibility index (Phi) is 2.32. The average Bonchev–Trinajstić information content (AvgIpc) is 2.32. The Hall–Kier alpha value is -0.790. The van der Waals surface area contributed by atoms with Gasteiger partial charge in [0.15, 0.2) is 12.3 Å². The lowest BCUT2D eigenvalue weighted by Gasteiger charge is -2.04. The highest BCUT2D eigenvalue weighted by atomic mass is 32.2. The first-order valence-electron chi connectivity index (χ1n) is 2.57. The van der Waals surface area contributed by atoms with E-state index in [1.54, 1.807) is 0 Å². The van der Waals surface area contributed by atoms with E-state index in [9.17, 15) is 9.59 Å². The number of carbonyl (C=O) groups is 2. The predicted molar refractivity (Wildman–Crippen MR) is 32.6 cm³/mol. The van der Waals surface area contributed by atoms with E-state index < -0.39 is 24.1 Å². The van der Waals surface area contributed by atoms with Crippen molar-refractivity contribution in [2.75, 3.05) is 0 Å². The van der Waals surface area contributed by atoms with Gasteiger partial charge in [0, 0.05) is 0 Å². The zero-order valence-corrected chi connectivity index (χ0v) is 5.91. The molecular weight excluding hydrogens is 176 g/mol. The minimum Gasteiger partial charge on any atom is -0.479 e. The molecular formula is C4H4O6S. The lowest BCUT2D eigenvalue weighted by atomic mass is 10.2. The van der Waals surface area contributed by atoms with Gasteiger partial charge in [-0.15, -0.1) is 0 Å². The zero-order chi connectivity index (χ0) is 8.43. The van der Waals surface area contributed by atoms with Gasteiger partial charge < -0.3 is 10.2 Å². The summed E-state index contributed by atoms with van der Waals surface area (Å²) in [5, 5.41) is 16.7. The third kappa shape index (κ3) is 1.62. The summed E-state index contributed by atoms with van der Waals surface area (Å²) < 4.78 is 8.80. The largest absolute Gasteiger partial charge is 0.479 e. The third-order valence-corrected chi connectivity index (χ3v) is 1.62. The molecule has 0 aromatic carbocycles. The molecule has 2 unspecified atom stereocenters. The summed E-state index contributed by atoms with van der Waals surface area (Å²) in [6.45, 7) is 0. The molecule has 1 fully saturated rings. The van der Waals surface area contributed by atoms with Gasteiger partial charge in [0.05, 0.1) is 0 Å². The molecule has 0 amide bonds. The molecule has 0 aliphatic carbocycles. The normalized spacial score (nSPS) is 30.2. The third-order valence-electron chi connectivity index (χ3n) is 1.05. The highest BCUT2D eigenvalue weighted by Gasteiger charge is 2.42. The van der Waals surface area contributed by atoms with Crippen molar-refractivity contribution in [2.24, 2.45) is 0 Å². The van der Waals surface area contributed by atoms with Gasteiger partial charge in [0.1, 0.15) is 0 Å². The molecule has 0 aromatic rings. The second-order valence-corrected chi connectivity index (χ2v) is 2.30. The maximum absolute atomic E-state index is 10.2. The van der Waals surface area contributed by atoms with Gasteiger partial charge in [-0.25, -0.2) is 9.59 Å².